The maximum absolute atomic E-state index is 11.5. The van der Waals surface area contributed by atoms with Gasteiger partial charge in [-0.15, -0.1) is 0 Å². The Hall–Kier alpha value is -1.34. The molecule has 0 spiro atoms. The van der Waals surface area contributed by atoms with Crippen molar-refractivity contribution in [3.8, 4) is 0 Å². The fourth-order valence-corrected chi connectivity index (χ4v) is 2.95. The molecule has 0 amide bonds. The zero-order chi connectivity index (χ0) is 12.3. The van der Waals surface area contributed by atoms with E-state index in [1.54, 1.807) is 28.6 Å². The molecule has 0 radical (unpaired) electrons. The summed E-state index contributed by atoms with van der Waals surface area (Å²) in [6.07, 6.45) is 1.66. The molecule has 2 heterocycles. The zero-order valence-corrected chi connectivity index (χ0v) is 10.9. The van der Waals surface area contributed by atoms with E-state index in [0.29, 0.717) is 12.2 Å². The van der Waals surface area contributed by atoms with Crippen molar-refractivity contribution in [3.05, 3.63) is 34.5 Å². The summed E-state index contributed by atoms with van der Waals surface area (Å²) in [6, 6.07) is 3.09. The highest BCUT2D eigenvalue weighted by Crippen LogP contribution is 2.19. The third kappa shape index (κ3) is 3.31. The van der Waals surface area contributed by atoms with Crippen molar-refractivity contribution in [2.45, 2.75) is 17.8 Å². The van der Waals surface area contributed by atoms with E-state index in [4.69, 9.17) is 5.73 Å². The number of hydrogen-bond acceptors (Lipinski definition) is 6. The van der Waals surface area contributed by atoms with Gasteiger partial charge in [0, 0.05) is 30.2 Å². The Bertz CT molecular complexity index is 563. The summed E-state index contributed by atoms with van der Waals surface area (Å²) in [7, 11) is 0. The van der Waals surface area contributed by atoms with E-state index in [9.17, 15) is 4.79 Å². The molecule has 0 unspecified atom stereocenters. The van der Waals surface area contributed by atoms with Crippen LogP contribution >= 0.6 is 23.3 Å². The van der Waals surface area contributed by atoms with Crippen LogP contribution in [0.4, 0.5) is 5.69 Å². The summed E-state index contributed by atoms with van der Waals surface area (Å²) >= 11 is 2.98. The van der Waals surface area contributed by atoms with Gasteiger partial charge in [0.1, 0.15) is 5.82 Å². The van der Waals surface area contributed by atoms with Crippen LogP contribution in [0.1, 0.15) is 5.82 Å². The van der Waals surface area contributed by atoms with E-state index in [2.05, 4.69) is 9.36 Å². The van der Waals surface area contributed by atoms with Gasteiger partial charge in [0.2, 0.25) is 0 Å². The van der Waals surface area contributed by atoms with Gasteiger partial charge in [-0.1, -0.05) is 11.8 Å². The molecule has 17 heavy (non-hydrogen) atoms. The van der Waals surface area contributed by atoms with Crippen LogP contribution < -0.4 is 11.3 Å². The zero-order valence-electron chi connectivity index (χ0n) is 9.29. The van der Waals surface area contributed by atoms with Crippen molar-refractivity contribution in [1.29, 1.82) is 0 Å². The molecule has 0 bridgehead atoms. The molecule has 0 saturated heterocycles. The first-order valence-electron chi connectivity index (χ1n) is 5.04. The summed E-state index contributed by atoms with van der Waals surface area (Å²) < 4.78 is 6.63. The highest BCUT2D eigenvalue weighted by molar-refractivity contribution is 8.00. The predicted molar refractivity (Wildman–Crippen MR) is 70.5 cm³/mol. The third-order valence-corrected chi connectivity index (χ3v) is 3.98. The topological polar surface area (TPSA) is 73.8 Å². The average molecular weight is 268 g/mol. The highest BCUT2D eigenvalue weighted by atomic mass is 32.2. The molecule has 0 fully saturated rings. The summed E-state index contributed by atoms with van der Waals surface area (Å²) in [5, 5.41) is 0. The van der Waals surface area contributed by atoms with Crippen LogP contribution in [-0.2, 0) is 6.54 Å². The molecule has 2 rings (SSSR count). The lowest BCUT2D eigenvalue weighted by atomic mass is 10.4. The van der Waals surface area contributed by atoms with Gasteiger partial charge in [0.15, 0.2) is 4.34 Å². The number of aryl methyl sites for hydroxylation is 2. The summed E-state index contributed by atoms with van der Waals surface area (Å²) in [5.74, 6) is 1.57. The van der Waals surface area contributed by atoms with Gasteiger partial charge in [-0.3, -0.25) is 4.79 Å². The summed E-state index contributed by atoms with van der Waals surface area (Å²) in [6.45, 7) is 2.48. The predicted octanol–water partition coefficient (Wildman–Crippen LogP) is 1.38. The van der Waals surface area contributed by atoms with Crippen LogP contribution in [-0.4, -0.2) is 19.7 Å². The molecule has 0 aliphatic carbocycles. The Morgan fingerprint density at radius 3 is 3.06 bits per heavy atom. The maximum Gasteiger partial charge on any atom is 0.250 e. The lowest BCUT2D eigenvalue weighted by Gasteiger charge is -2.04. The van der Waals surface area contributed by atoms with Crippen molar-refractivity contribution in [1.82, 2.24) is 13.9 Å². The molecule has 0 atom stereocenters. The number of thioether (sulfide) groups is 1. The molecule has 2 N–H and O–H groups in total. The molecular formula is C10H12N4OS2. The van der Waals surface area contributed by atoms with Crippen LogP contribution in [0.15, 0.2) is 27.5 Å². The van der Waals surface area contributed by atoms with E-state index < -0.39 is 0 Å². The molecule has 2 aromatic rings. The number of pyridine rings is 1. The SMILES string of the molecule is Cc1nsc(SCCn2cc(N)ccc2=O)n1. The van der Waals surface area contributed by atoms with Crippen LogP contribution in [0.3, 0.4) is 0 Å². The second-order valence-corrected chi connectivity index (χ2v) is 5.54. The van der Waals surface area contributed by atoms with Gasteiger partial charge >= 0.3 is 0 Å². The summed E-state index contributed by atoms with van der Waals surface area (Å²) in [5.41, 5.74) is 6.19. The number of anilines is 1. The fourth-order valence-electron chi connectivity index (χ4n) is 1.29. The standard InChI is InChI=1S/C10H12N4OS2/c1-7-12-10(17-13-7)16-5-4-14-6-8(11)2-3-9(14)15/h2-3,6H,4-5,11H2,1H3. The molecule has 90 valence electrons. The number of aromatic nitrogens is 3. The molecule has 7 heteroatoms. The van der Waals surface area contributed by atoms with Crippen LogP contribution in [0.2, 0.25) is 0 Å². The maximum atomic E-state index is 11.5. The molecule has 0 aliphatic rings. The van der Waals surface area contributed by atoms with Gasteiger partial charge < -0.3 is 10.3 Å². The minimum Gasteiger partial charge on any atom is -0.398 e. The van der Waals surface area contributed by atoms with Gasteiger partial charge in [0.05, 0.1) is 0 Å². The third-order valence-electron chi connectivity index (χ3n) is 2.07. The average Bonchev–Trinajstić information content (AvgIpc) is 2.69. The van der Waals surface area contributed by atoms with Gasteiger partial charge in [-0.25, -0.2) is 4.98 Å². The van der Waals surface area contributed by atoms with Crippen LogP contribution in [0.5, 0.6) is 0 Å². The van der Waals surface area contributed by atoms with Crippen LogP contribution in [0, 0.1) is 6.92 Å². The number of nitrogens with two attached hydrogens (primary N) is 1. The Kier molecular flexibility index (Phi) is 3.80. The quantitative estimate of drug-likeness (QED) is 0.848. The number of hydrogen-bond donors (Lipinski definition) is 1. The van der Waals surface area contributed by atoms with Crippen LogP contribution in [0.25, 0.3) is 0 Å². The number of nitrogen functional groups attached to an aromatic ring is 1. The van der Waals surface area contributed by atoms with E-state index in [1.165, 1.54) is 17.6 Å². The van der Waals surface area contributed by atoms with E-state index in [0.717, 1.165) is 15.9 Å². The second-order valence-electron chi connectivity index (χ2n) is 3.45. The lowest BCUT2D eigenvalue weighted by Crippen LogP contribution is -2.19. The van der Waals surface area contributed by atoms with Crippen molar-refractivity contribution < 1.29 is 0 Å². The minimum atomic E-state index is -0.0340. The monoisotopic (exact) mass is 268 g/mol. The van der Waals surface area contributed by atoms with Crippen molar-refractivity contribution >= 4 is 29.0 Å². The second kappa shape index (κ2) is 5.33. The molecule has 0 saturated carbocycles. The van der Waals surface area contributed by atoms with E-state index >= 15 is 0 Å². The first-order valence-corrected chi connectivity index (χ1v) is 6.80. The normalized spacial score (nSPS) is 10.6. The van der Waals surface area contributed by atoms with E-state index in [1.807, 2.05) is 6.92 Å². The Morgan fingerprint density at radius 1 is 1.53 bits per heavy atom. The first kappa shape index (κ1) is 12.1. The number of rotatable bonds is 4. The van der Waals surface area contributed by atoms with Crippen molar-refractivity contribution in [3.63, 3.8) is 0 Å². The first-order chi connectivity index (χ1) is 8.15. The number of nitrogens with zero attached hydrogens (tertiary/aromatic N) is 3. The minimum absolute atomic E-state index is 0.0340. The van der Waals surface area contributed by atoms with Crippen molar-refractivity contribution in [2.75, 3.05) is 11.5 Å². The highest BCUT2D eigenvalue weighted by Gasteiger charge is 2.02. The molecule has 5 nitrogen and oxygen atoms in total. The van der Waals surface area contributed by atoms with Crippen molar-refractivity contribution in [2.24, 2.45) is 0 Å². The molecule has 2 aromatic heterocycles. The Balaban J connectivity index is 1.94. The smallest absolute Gasteiger partial charge is 0.250 e. The van der Waals surface area contributed by atoms with Gasteiger partial charge in [-0.05, 0) is 24.5 Å². The largest absolute Gasteiger partial charge is 0.398 e. The lowest BCUT2D eigenvalue weighted by molar-refractivity contribution is 0.737. The Morgan fingerprint density at radius 2 is 2.35 bits per heavy atom. The molecule has 0 aromatic carbocycles. The summed E-state index contributed by atoms with van der Waals surface area (Å²) in [4.78, 5) is 15.7. The van der Waals surface area contributed by atoms with Gasteiger partial charge in [-0.2, -0.15) is 4.37 Å². The molecule has 0 aliphatic heterocycles. The molecular weight excluding hydrogens is 256 g/mol. The fraction of sp³-hybridized carbons (Fsp3) is 0.300. The van der Waals surface area contributed by atoms with Gasteiger partial charge in [0.25, 0.3) is 5.56 Å². The van der Waals surface area contributed by atoms with E-state index in [-0.39, 0.29) is 5.56 Å². The Labute approximate surface area is 107 Å².